The molecule has 0 amide bonds. The van der Waals surface area contributed by atoms with Crippen molar-refractivity contribution >= 4 is 21.4 Å². The number of rotatable bonds is 7. The third-order valence-electron chi connectivity index (χ3n) is 2.80. The first-order valence-electron chi connectivity index (χ1n) is 6.12. The second kappa shape index (κ2) is 6.65. The summed E-state index contributed by atoms with van der Waals surface area (Å²) in [6.45, 7) is 5.86. The van der Waals surface area contributed by atoms with E-state index in [0.717, 1.165) is 11.3 Å². The van der Waals surface area contributed by atoms with E-state index in [1.165, 1.54) is 11.3 Å². The number of aliphatic hydroxyl groups is 1. The molecule has 0 saturated carbocycles. The minimum atomic E-state index is -3.46. The van der Waals surface area contributed by atoms with Gasteiger partial charge in [0, 0.05) is 17.5 Å². The Balaban J connectivity index is 2.86. The zero-order valence-corrected chi connectivity index (χ0v) is 12.6. The summed E-state index contributed by atoms with van der Waals surface area (Å²) in [6, 6.07) is 3.25. The third-order valence-corrected chi connectivity index (χ3v) is 6.01. The molecular weight excluding hydrogens is 270 g/mol. The van der Waals surface area contributed by atoms with Gasteiger partial charge in [-0.25, -0.2) is 13.1 Å². The highest BCUT2D eigenvalue weighted by Crippen LogP contribution is 2.23. The lowest BCUT2D eigenvalue weighted by molar-refractivity contribution is 0.256. The molecule has 0 aromatic carbocycles. The summed E-state index contributed by atoms with van der Waals surface area (Å²) in [4.78, 5) is 1.05. The van der Waals surface area contributed by atoms with Crippen LogP contribution in [0, 0.1) is 5.92 Å². The number of aryl methyl sites for hydroxylation is 1. The molecule has 1 aromatic heterocycles. The number of aliphatic hydroxyl groups excluding tert-OH is 1. The molecule has 0 fully saturated rings. The number of thiophene rings is 1. The van der Waals surface area contributed by atoms with E-state index >= 15 is 0 Å². The van der Waals surface area contributed by atoms with Crippen molar-refractivity contribution < 1.29 is 13.5 Å². The standard InChI is InChI=1S/C12H21NO3S2/c1-4-10-5-6-12(17-10)18(15,16)13-11(7-8-14)9(2)3/h5-6,9,11,13-14H,4,7-8H2,1-3H3. The Morgan fingerprint density at radius 2 is 2.06 bits per heavy atom. The Hall–Kier alpha value is -0.430. The van der Waals surface area contributed by atoms with Gasteiger partial charge in [-0.05, 0) is 30.9 Å². The lowest BCUT2D eigenvalue weighted by atomic mass is 10.0. The van der Waals surface area contributed by atoms with Crippen molar-refractivity contribution in [2.24, 2.45) is 5.92 Å². The summed E-state index contributed by atoms with van der Waals surface area (Å²) in [5, 5.41) is 8.96. The molecule has 1 rings (SSSR count). The molecule has 18 heavy (non-hydrogen) atoms. The summed E-state index contributed by atoms with van der Waals surface area (Å²) in [5.74, 6) is 0.150. The molecule has 0 saturated heterocycles. The average molecular weight is 291 g/mol. The van der Waals surface area contributed by atoms with Crippen LogP contribution in [-0.2, 0) is 16.4 Å². The van der Waals surface area contributed by atoms with Gasteiger partial charge >= 0.3 is 0 Å². The average Bonchev–Trinajstić information content (AvgIpc) is 2.77. The van der Waals surface area contributed by atoms with Crippen molar-refractivity contribution in [2.45, 2.75) is 43.9 Å². The molecule has 1 aromatic rings. The SMILES string of the molecule is CCc1ccc(S(=O)(=O)NC(CCO)C(C)C)s1. The van der Waals surface area contributed by atoms with E-state index in [1.54, 1.807) is 6.07 Å². The minimum absolute atomic E-state index is 0.0178. The van der Waals surface area contributed by atoms with Gasteiger partial charge in [0.2, 0.25) is 10.0 Å². The van der Waals surface area contributed by atoms with Crippen LogP contribution in [0.2, 0.25) is 0 Å². The van der Waals surface area contributed by atoms with Gasteiger partial charge in [0.25, 0.3) is 0 Å². The highest BCUT2D eigenvalue weighted by Gasteiger charge is 2.23. The maximum absolute atomic E-state index is 12.2. The molecule has 0 radical (unpaired) electrons. The van der Waals surface area contributed by atoms with Gasteiger partial charge in [-0.15, -0.1) is 11.3 Å². The van der Waals surface area contributed by atoms with E-state index in [0.29, 0.717) is 10.6 Å². The lowest BCUT2D eigenvalue weighted by Crippen LogP contribution is -2.38. The van der Waals surface area contributed by atoms with E-state index in [4.69, 9.17) is 5.11 Å². The van der Waals surface area contributed by atoms with Crippen LogP contribution in [0.15, 0.2) is 16.3 Å². The summed E-state index contributed by atoms with van der Waals surface area (Å²) in [5.41, 5.74) is 0. The second-order valence-corrected chi connectivity index (χ2v) is 7.67. The largest absolute Gasteiger partial charge is 0.396 e. The van der Waals surface area contributed by atoms with Crippen LogP contribution in [0.3, 0.4) is 0 Å². The molecule has 1 atom stereocenters. The topological polar surface area (TPSA) is 66.4 Å². The Kier molecular flexibility index (Phi) is 5.78. The van der Waals surface area contributed by atoms with Crippen LogP contribution >= 0.6 is 11.3 Å². The van der Waals surface area contributed by atoms with Crippen molar-refractivity contribution in [2.75, 3.05) is 6.61 Å². The van der Waals surface area contributed by atoms with E-state index in [-0.39, 0.29) is 18.6 Å². The van der Waals surface area contributed by atoms with Gasteiger partial charge in [-0.3, -0.25) is 0 Å². The third kappa shape index (κ3) is 4.05. The first kappa shape index (κ1) is 15.6. The zero-order valence-electron chi connectivity index (χ0n) is 11.0. The van der Waals surface area contributed by atoms with Crippen molar-refractivity contribution in [3.05, 3.63) is 17.0 Å². The Bertz CT molecular complexity index is 465. The lowest BCUT2D eigenvalue weighted by Gasteiger charge is -2.20. The summed E-state index contributed by atoms with van der Waals surface area (Å²) in [7, 11) is -3.46. The van der Waals surface area contributed by atoms with E-state index < -0.39 is 10.0 Å². The van der Waals surface area contributed by atoms with E-state index in [9.17, 15) is 8.42 Å². The van der Waals surface area contributed by atoms with Crippen LogP contribution in [0.25, 0.3) is 0 Å². The zero-order chi connectivity index (χ0) is 13.8. The fourth-order valence-corrected chi connectivity index (χ4v) is 4.35. The Morgan fingerprint density at radius 1 is 1.39 bits per heavy atom. The van der Waals surface area contributed by atoms with Gasteiger partial charge < -0.3 is 5.11 Å². The van der Waals surface area contributed by atoms with Crippen LogP contribution in [0.1, 0.15) is 32.1 Å². The number of nitrogens with one attached hydrogen (secondary N) is 1. The molecule has 1 unspecified atom stereocenters. The van der Waals surface area contributed by atoms with Gasteiger partial charge in [-0.2, -0.15) is 0 Å². The predicted molar refractivity (Wildman–Crippen MR) is 74.3 cm³/mol. The van der Waals surface area contributed by atoms with Crippen LogP contribution in [0.4, 0.5) is 0 Å². The quantitative estimate of drug-likeness (QED) is 0.807. The van der Waals surface area contributed by atoms with Crippen molar-refractivity contribution in [3.63, 3.8) is 0 Å². The number of hydrogen-bond donors (Lipinski definition) is 2. The highest BCUT2D eigenvalue weighted by atomic mass is 32.2. The molecule has 104 valence electrons. The molecule has 6 heteroatoms. The van der Waals surface area contributed by atoms with Crippen LogP contribution in [0.5, 0.6) is 0 Å². The van der Waals surface area contributed by atoms with Crippen molar-refractivity contribution in [3.8, 4) is 0 Å². The van der Waals surface area contributed by atoms with Gasteiger partial charge in [0.05, 0.1) is 0 Å². The molecular formula is C12H21NO3S2. The first-order chi connectivity index (χ1) is 8.40. The maximum atomic E-state index is 12.2. The van der Waals surface area contributed by atoms with Crippen molar-refractivity contribution in [1.82, 2.24) is 4.72 Å². The van der Waals surface area contributed by atoms with Gasteiger partial charge in [0.1, 0.15) is 4.21 Å². The molecule has 0 spiro atoms. The molecule has 1 heterocycles. The summed E-state index contributed by atoms with van der Waals surface area (Å²) < 4.78 is 27.4. The van der Waals surface area contributed by atoms with Crippen LogP contribution in [-0.4, -0.2) is 26.2 Å². The molecule has 0 aliphatic heterocycles. The van der Waals surface area contributed by atoms with Crippen molar-refractivity contribution in [1.29, 1.82) is 0 Å². The fourth-order valence-electron chi connectivity index (χ4n) is 1.62. The Morgan fingerprint density at radius 3 is 2.50 bits per heavy atom. The number of sulfonamides is 1. The van der Waals surface area contributed by atoms with Gasteiger partial charge in [-0.1, -0.05) is 20.8 Å². The fraction of sp³-hybridized carbons (Fsp3) is 0.667. The van der Waals surface area contributed by atoms with E-state index in [1.807, 2.05) is 26.8 Å². The second-order valence-electron chi connectivity index (χ2n) is 4.56. The maximum Gasteiger partial charge on any atom is 0.250 e. The predicted octanol–water partition coefficient (Wildman–Crippen LogP) is 2.00. The van der Waals surface area contributed by atoms with Crippen LogP contribution < -0.4 is 4.72 Å². The molecule has 0 aliphatic rings. The van der Waals surface area contributed by atoms with Gasteiger partial charge in [0.15, 0.2) is 0 Å². The highest BCUT2D eigenvalue weighted by molar-refractivity contribution is 7.91. The minimum Gasteiger partial charge on any atom is -0.396 e. The smallest absolute Gasteiger partial charge is 0.250 e. The Labute approximate surface area is 113 Å². The monoisotopic (exact) mass is 291 g/mol. The normalized spacial score (nSPS) is 14.1. The number of hydrogen-bond acceptors (Lipinski definition) is 4. The molecule has 0 aliphatic carbocycles. The first-order valence-corrected chi connectivity index (χ1v) is 8.42. The summed E-state index contributed by atoms with van der Waals surface area (Å²) in [6.07, 6.45) is 1.27. The van der Waals surface area contributed by atoms with E-state index in [2.05, 4.69) is 4.72 Å². The summed E-state index contributed by atoms with van der Waals surface area (Å²) >= 11 is 1.30. The molecule has 2 N–H and O–H groups in total. The molecule has 4 nitrogen and oxygen atoms in total. The molecule has 0 bridgehead atoms.